The van der Waals surface area contributed by atoms with Crippen molar-refractivity contribution in [3.63, 3.8) is 0 Å². The van der Waals surface area contributed by atoms with E-state index < -0.39 is 4.30 Å². The summed E-state index contributed by atoms with van der Waals surface area (Å²) in [5.41, 5.74) is 0. The van der Waals surface area contributed by atoms with E-state index in [4.69, 9.17) is 63.1 Å². The van der Waals surface area contributed by atoms with Gasteiger partial charge in [-0.25, -0.2) is 0 Å². The highest BCUT2D eigenvalue weighted by molar-refractivity contribution is 6.63. The molecule has 1 N–H and O–H groups in total. The van der Waals surface area contributed by atoms with Crippen molar-refractivity contribution in [2.24, 2.45) is 0 Å². The summed E-state index contributed by atoms with van der Waals surface area (Å²) in [6.07, 6.45) is 0.105. The second-order valence-corrected chi connectivity index (χ2v) is 4.41. The summed E-state index contributed by atoms with van der Waals surface area (Å²) in [5.74, 6) is -0.338. The van der Waals surface area contributed by atoms with Crippen LogP contribution in [0.4, 0.5) is 0 Å². The molecule has 0 fully saturated rings. The molecule has 15 heavy (non-hydrogen) atoms. The minimum absolute atomic E-state index is 0.105. The number of rotatable bonds is 3. The molecule has 0 bridgehead atoms. The lowest BCUT2D eigenvalue weighted by Crippen LogP contribution is -2.05. The van der Waals surface area contributed by atoms with Gasteiger partial charge in [0.2, 0.25) is 0 Å². The van der Waals surface area contributed by atoms with Gasteiger partial charge in [-0.3, -0.25) is 4.79 Å². The van der Waals surface area contributed by atoms with Gasteiger partial charge >= 0.3 is 5.97 Å². The molecule has 0 aliphatic carbocycles. The maximum atomic E-state index is 10.3. The Labute approximate surface area is 115 Å². The highest BCUT2D eigenvalue weighted by Gasteiger charge is 1.96. The van der Waals surface area contributed by atoms with Gasteiger partial charge in [0.15, 0.2) is 4.30 Å². The number of carbonyl (C=O) groups is 1. The van der Waals surface area contributed by atoms with Crippen molar-refractivity contribution in [2.45, 2.75) is 17.6 Å². The molecule has 0 aliphatic rings. The Hall–Kier alpha value is 0.880. The molecule has 0 spiro atoms. The van der Waals surface area contributed by atoms with Crippen molar-refractivity contribution in [1.82, 2.24) is 0 Å². The predicted molar refractivity (Wildman–Crippen MR) is 66.3 cm³/mol. The van der Waals surface area contributed by atoms with E-state index in [9.17, 15) is 4.79 Å². The molecule has 0 amide bonds. The average Bonchev–Trinajstić information content (AvgIpc) is 2.05. The number of ether oxygens (including phenoxy) is 1. The fourth-order valence-corrected chi connectivity index (χ4v) is 0.324. The molecule has 0 rings (SSSR count). The summed E-state index contributed by atoms with van der Waals surface area (Å²) in [4.78, 5) is 10.3. The van der Waals surface area contributed by atoms with Crippen molar-refractivity contribution in [3.05, 3.63) is 0 Å². The number of hydrogen-bond acceptors (Lipinski definition) is 3. The number of aliphatic hydroxyl groups is 1. The van der Waals surface area contributed by atoms with Crippen LogP contribution in [0.15, 0.2) is 0 Å². The van der Waals surface area contributed by atoms with Gasteiger partial charge in [0.05, 0.1) is 25.0 Å². The molecule has 0 saturated carbocycles. The monoisotopic (exact) mass is 320 g/mol. The summed E-state index contributed by atoms with van der Waals surface area (Å²) >= 11 is 23.9. The molecule has 8 heteroatoms. The summed E-state index contributed by atoms with van der Waals surface area (Å²) in [6, 6.07) is 0. The second kappa shape index (κ2) is 20.3. The van der Waals surface area contributed by atoms with Crippen LogP contribution in [0.5, 0.6) is 0 Å². The fraction of sp³-hybridized carbons (Fsp3) is 0.857. The van der Waals surface area contributed by atoms with E-state index in [0.717, 1.165) is 0 Å². The Balaban J connectivity index is -0.000000173. The third-order valence-electron chi connectivity index (χ3n) is 0.621. The fourth-order valence-electron chi connectivity index (χ4n) is 0.324. The summed E-state index contributed by atoms with van der Waals surface area (Å²) in [5, 5.41) is 8.36. The number of aliphatic hydroxyl groups excluding tert-OH is 1. The minimum atomic E-state index is -0.750. The standard InChI is InChI=1S/C5H10O3.CHCl3.CH2Cl2/c1-2-8-5(7)3-4-6;2-1(3)4;2-1-3/h6H,2-4H2,1H3;1H;1H2. The Kier molecular flexibility index (Phi) is 28.7. The average molecular weight is 322 g/mol. The topological polar surface area (TPSA) is 46.5 Å². The highest BCUT2D eigenvalue weighted by atomic mass is 35.6. The minimum Gasteiger partial charge on any atom is -0.466 e. The zero-order valence-electron chi connectivity index (χ0n) is 8.06. The van der Waals surface area contributed by atoms with Gasteiger partial charge in [0, 0.05) is 0 Å². The van der Waals surface area contributed by atoms with Crippen LogP contribution in [0, 0.1) is 0 Å². The molecule has 0 atom stereocenters. The number of alkyl halides is 5. The molecule has 0 radical (unpaired) electrons. The lowest BCUT2D eigenvalue weighted by molar-refractivity contribution is -0.143. The molecule has 0 aromatic rings. The first-order valence-electron chi connectivity index (χ1n) is 3.76. The van der Waals surface area contributed by atoms with Crippen LogP contribution in [0.25, 0.3) is 0 Å². The molecule has 94 valence electrons. The predicted octanol–water partition coefficient (Wildman–Crippen LogP) is 3.34. The molecule has 0 heterocycles. The molecule has 0 aromatic heterocycles. The van der Waals surface area contributed by atoms with Crippen molar-refractivity contribution in [2.75, 3.05) is 18.6 Å². The van der Waals surface area contributed by atoms with Gasteiger partial charge in [-0.1, -0.05) is 34.8 Å². The van der Waals surface area contributed by atoms with Crippen molar-refractivity contribution >= 4 is 64.0 Å². The first-order chi connectivity index (χ1) is 6.95. The van der Waals surface area contributed by atoms with Gasteiger partial charge in [-0.05, 0) is 6.92 Å². The Bertz CT molecular complexity index is 112. The third kappa shape index (κ3) is 52.2. The van der Waals surface area contributed by atoms with Crippen LogP contribution in [-0.2, 0) is 9.53 Å². The molecule has 3 nitrogen and oxygen atoms in total. The van der Waals surface area contributed by atoms with Crippen LogP contribution >= 0.6 is 58.0 Å². The van der Waals surface area contributed by atoms with Crippen LogP contribution in [0.3, 0.4) is 0 Å². The Morgan fingerprint density at radius 1 is 1.33 bits per heavy atom. The van der Waals surface area contributed by atoms with E-state index in [2.05, 4.69) is 4.74 Å². The van der Waals surface area contributed by atoms with E-state index in [1.165, 1.54) is 0 Å². The maximum Gasteiger partial charge on any atom is 0.308 e. The van der Waals surface area contributed by atoms with Crippen LogP contribution in [0.1, 0.15) is 13.3 Å². The van der Waals surface area contributed by atoms with Crippen molar-refractivity contribution < 1.29 is 14.6 Å². The lowest BCUT2D eigenvalue weighted by Gasteiger charge is -1.96. The first-order valence-corrected chi connectivity index (χ1v) is 6.14. The largest absolute Gasteiger partial charge is 0.466 e. The molecule has 0 unspecified atom stereocenters. The maximum absolute atomic E-state index is 10.3. The van der Waals surface area contributed by atoms with E-state index in [1.54, 1.807) is 6.92 Å². The summed E-state index contributed by atoms with van der Waals surface area (Å²) in [7, 11) is 0. The summed E-state index contributed by atoms with van der Waals surface area (Å²) < 4.78 is 3.73. The highest BCUT2D eigenvalue weighted by Crippen LogP contribution is 2.03. The third-order valence-corrected chi connectivity index (χ3v) is 0.621. The number of esters is 1. The molecule has 0 saturated heterocycles. The normalized spacial score (nSPS) is 8.27. The van der Waals surface area contributed by atoms with Crippen LogP contribution in [-0.4, -0.2) is 33.9 Å². The van der Waals surface area contributed by atoms with E-state index in [1.807, 2.05) is 0 Å². The van der Waals surface area contributed by atoms with Gasteiger partial charge in [-0.15, -0.1) is 23.2 Å². The van der Waals surface area contributed by atoms with Crippen LogP contribution < -0.4 is 0 Å². The zero-order valence-corrected chi connectivity index (χ0v) is 11.8. The van der Waals surface area contributed by atoms with Gasteiger partial charge < -0.3 is 9.84 Å². The van der Waals surface area contributed by atoms with E-state index in [-0.39, 0.29) is 24.3 Å². The number of hydrogen-bond donors (Lipinski definition) is 1. The first kappa shape index (κ1) is 21.2. The van der Waals surface area contributed by atoms with E-state index in [0.29, 0.717) is 6.61 Å². The quantitative estimate of drug-likeness (QED) is 0.640. The molecule has 0 aromatic carbocycles. The lowest BCUT2D eigenvalue weighted by atomic mass is 10.5. The molecular weight excluding hydrogens is 309 g/mol. The van der Waals surface area contributed by atoms with Crippen molar-refractivity contribution in [3.8, 4) is 0 Å². The van der Waals surface area contributed by atoms with Gasteiger partial charge in [0.1, 0.15) is 0 Å². The van der Waals surface area contributed by atoms with Gasteiger partial charge in [-0.2, -0.15) is 0 Å². The number of carbonyl (C=O) groups excluding carboxylic acids is 1. The second-order valence-electron chi connectivity index (χ2n) is 1.63. The Morgan fingerprint density at radius 3 is 1.87 bits per heavy atom. The number of halogens is 5. The molecule has 0 aliphatic heterocycles. The smallest absolute Gasteiger partial charge is 0.308 e. The zero-order chi connectivity index (χ0) is 12.7. The van der Waals surface area contributed by atoms with Crippen LogP contribution in [0.2, 0.25) is 0 Å². The molecular formula is C7H13Cl5O3. The SMILES string of the molecule is CCOC(=O)CCO.ClC(Cl)Cl.ClCCl. The summed E-state index contributed by atoms with van der Waals surface area (Å²) in [6.45, 7) is 1.99. The Morgan fingerprint density at radius 2 is 1.67 bits per heavy atom. The van der Waals surface area contributed by atoms with Crippen molar-refractivity contribution in [1.29, 1.82) is 0 Å². The van der Waals surface area contributed by atoms with Gasteiger partial charge in [0.25, 0.3) is 0 Å². The van der Waals surface area contributed by atoms with E-state index >= 15 is 0 Å².